The van der Waals surface area contributed by atoms with Gasteiger partial charge in [0.05, 0.1) is 22.9 Å². The van der Waals surface area contributed by atoms with Crippen LogP contribution in [0.3, 0.4) is 0 Å². The smallest absolute Gasteiger partial charge is 0.0785 e. The van der Waals surface area contributed by atoms with Crippen LogP contribution in [-0.4, -0.2) is 45.0 Å². The van der Waals surface area contributed by atoms with E-state index in [1.165, 1.54) is 0 Å². The van der Waals surface area contributed by atoms with E-state index in [0.29, 0.717) is 11.1 Å². The van der Waals surface area contributed by atoms with Crippen LogP contribution in [0.5, 0.6) is 0 Å². The summed E-state index contributed by atoms with van der Waals surface area (Å²) in [5.74, 6) is 0. The van der Waals surface area contributed by atoms with E-state index in [1.54, 1.807) is 6.20 Å². The van der Waals surface area contributed by atoms with Crippen molar-refractivity contribution in [2.75, 3.05) is 19.6 Å². The number of hydrogen-bond donors (Lipinski definition) is 1. The summed E-state index contributed by atoms with van der Waals surface area (Å²) in [6.45, 7) is 6.45. The molecule has 1 aliphatic heterocycles. The van der Waals surface area contributed by atoms with E-state index in [9.17, 15) is 5.11 Å². The minimum Gasteiger partial charge on any atom is -0.389 e. The van der Waals surface area contributed by atoms with E-state index in [0.717, 1.165) is 32.5 Å². The van der Waals surface area contributed by atoms with Gasteiger partial charge in [0.15, 0.2) is 0 Å². The van der Waals surface area contributed by atoms with Crippen molar-refractivity contribution in [3.8, 4) is 0 Å². The van der Waals surface area contributed by atoms with Crippen LogP contribution >= 0.6 is 11.6 Å². The summed E-state index contributed by atoms with van der Waals surface area (Å²) in [5, 5.41) is 14.7. The molecule has 1 N–H and O–H groups in total. The van der Waals surface area contributed by atoms with Crippen molar-refractivity contribution >= 4 is 11.6 Å². The molecule has 0 radical (unpaired) electrons. The maximum absolute atomic E-state index is 9.78. The first-order valence-electron chi connectivity index (χ1n) is 6.08. The molecule has 4 nitrogen and oxygen atoms in total. The van der Waals surface area contributed by atoms with E-state index < -0.39 is 5.60 Å². The number of aromatic nitrogens is 2. The topological polar surface area (TPSA) is 41.3 Å². The van der Waals surface area contributed by atoms with Gasteiger partial charge in [-0.05, 0) is 26.7 Å². The minimum atomic E-state index is -0.609. The normalized spacial score (nSPS) is 19.8. The Hall–Kier alpha value is -0.580. The molecule has 17 heavy (non-hydrogen) atoms. The fourth-order valence-corrected chi connectivity index (χ4v) is 2.55. The molecule has 1 fully saturated rings. The Morgan fingerprint density at radius 3 is 2.59 bits per heavy atom. The van der Waals surface area contributed by atoms with Crippen molar-refractivity contribution in [1.29, 1.82) is 0 Å². The first-order valence-corrected chi connectivity index (χ1v) is 6.46. The van der Waals surface area contributed by atoms with Gasteiger partial charge in [-0.25, -0.2) is 0 Å². The van der Waals surface area contributed by atoms with E-state index >= 15 is 0 Å². The van der Waals surface area contributed by atoms with Crippen molar-refractivity contribution in [2.24, 2.45) is 0 Å². The van der Waals surface area contributed by atoms with Gasteiger partial charge in [0.2, 0.25) is 0 Å². The van der Waals surface area contributed by atoms with Crippen molar-refractivity contribution < 1.29 is 5.11 Å². The fraction of sp³-hybridized carbons (Fsp3) is 0.750. The molecule has 0 bridgehead atoms. The first kappa shape index (κ1) is 12.9. The third-order valence-corrected chi connectivity index (χ3v) is 3.31. The quantitative estimate of drug-likeness (QED) is 0.900. The first-order chi connectivity index (χ1) is 7.94. The van der Waals surface area contributed by atoms with Gasteiger partial charge >= 0.3 is 0 Å². The molecule has 1 aromatic heterocycles. The van der Waals surface area contributed by atoms with Crippen LogP contribution in [0.15, 0.2) is 12.4 Å². The Kier molecular flexibility index (Phi) is 3.76. The molecule has 0 spiro atoms. The summed E-state index contributed by atoms with van der Waals surface area (Å²) >= 11 is 5.87. The highest BCUT2D eigenvalue weighted by Crippen LogP contribution is 2.23. The van der Waals surface area contributed by atoms with Crippen LogP contribution in [0.4, 0.5) is 0 Å². The zero-order chi connectivity index (χ0) is 12.5. The van der Waals surface area contributed by atoms with Gasteiger partial charge in [0, 0.05) is 25.8 Å². The van der Waals surface area contributed by atoms with E-state index in [-0.39, 0.29) is 0 Å². The summed E-state index contributed by atoms with van der Waals surface area (Å²) in [4.78, 5) is 2.31. The van der Waals surface area contributed by atoms with Crippen LogP contribution in [-0.2, 0) is 0 Å². The lowest BCUT2D eigenvalue weighted by Crippen LogP contribution is -2.43. The van der Waals surface area contributed by atoms with Crippen LogP contribution in [0.1, 0.15) is 32.7 Å². The molecule has 2 heterocycles. The van der Waals surface area contributed by atoms with Gasteiger partial charge < -0.3 is 10.0 Å². The second-order valence-corrected chi connectivity index (χ2v) is 5.89. The van der Waals surface area contributed by atoms with Crippen molar-refractivity contribution in [3.05, 3.63) is 17.4 Å². The molecule has 1 saturated heterocycles. The van der Waals surface area contributed by atoms with Crippen molar-refractivity contribution in [1.82, 2.24) is 14.7 Å². The lowest BCUT2D eigenvalue weighted by Gasteiger charge is -2.35. The van der Waals surface area contributed by atoms with E-state index in [1.807, 2.05) is 24.7 Å². The second kappa shape index (κ2) is 4.96. The van der Waals surface area contributed by atoms with Gasteiger partial charge in [-0.1, -0.05) is 11.6 Å². The Morgan fingerprint density at radius 2 is 2.12 bits per heavy atom. The number of piperidine rings is 1. The van der Waals surface area contributed by atoms with E-state index in [2.05, 4.69) is 10.00 Å². The van der Waals surface area contributed by atoms with Gasteiger partial charge in [0.1, 0.15) is 0 Å². The van der Waals surface area contributed by atoms with E-state index in [4.69, 9.17) is 11.6 Å². The number of nitrogens with zero attached hydrogens (tertiary/aromatic N) is 3. The molecule has 0 aliphatic carbocycles. The maximum atomic E-state index is 9.78. The monoisotopic (exact) mass is 257 g/mol. The molecule has 96 valence electrons. The Bertz CT molecular complexity index is 364. The zero-order valence-corrected chi connectivity index (χ0v) is 11.2. The molecule has 0 atom stereocenters. The Balaban J connectivity index is 1.86. The highest BCUT2D eigenvalue weighted by Gasteiger charge is 2.24. The van der Waals surface area contributed by atoms with Crippen molar-refractivity contribution in [2.45, 2.75) is 38.3 Å². The Morgan fingerprint density at radius 1 is 1.47 bits per heavy atom. The van der Waals surface area contributed by atoms with Crippen LogP contribution < -0.4 is 0 Å². The van der Waals surface area contributed by atoms with Crippen LogP contribution in [0.25, 0.3) is 0 Å². The summed E-state index contributed by atoms with van der Waals surface area (Å²) in [5.41, 5.74) is -0.609. The molecule has 0 unspecified atom stereocenters. The molecule has 1 aliphatic rings. The third-order valence-electron chi connectivity index (χ3n) is 3.11. The summed E-state index contributed by atoms with van der Waals surface area (Å²) in [6.07, 6.45) is 5.70. The highest BCUT2D eigenvalue weighted by molar-refractivity contribution is 6.30. The van der Waals surface area contributed by atoms with Gasteiger partial charge in [-0.15, -0.1) is 0 Å². The van der Waals surface area contributed by atoms with Gasteiger partial charge in [0.25, 0.3) is 0 Å². The fourth-order valence-electron chi connectivity index (χ4n) is 2.40. The SMILES string of the molecule is CC(C)(O)CN1CCC(n2cc(Cl)cn2)CC1. The third kappa shape index (κ3) is 3.69. The lowest BCUT2D eigenvalue weighted by atomic mass is 10.0. The molecule has 2 rings (SSSR count). The average Bonchev–Trinajstić information content (AvgIpc) is 2.63. The summed E-state index contributed by atoms with van der Waals surface area (Å²) < 4.78 is 1.96. The maximum Gasteiger partial charge on any atom is 0.0785 e. The lowest BCUT2D eigenvalue weighted by molar-refractivity contribution is 0.0246. The largest absolute Gasteiger partial charge is 0.389 e. The van der Waals surface area contributed by atoms with Gasteiger partial charge in [-0.2, -0.15) is 5.10 Å². The Labute approximate surface area is 107 Å². The van der Waals surface area contributed by atoms with Crippen LogP contribution in [0, 0.1) is 0 Å². The number of β-amino-alcohol motifs (C(OH)–C–C–N with tert-alkyl or cyclic N) is 1. The highest BCUT2D eigenvalue weighted by atomic mass is 35.5. The number of rotatable bonds is 3. The van der Waals surface area contributed by atoms with Gasteiger partial charge in [-0.3, -0.25) is 4.68 Å². The molecular weight excluding hydrogens is 238 g/mol. The zero-order valence-electron chi connectivity index (χ0n) is 10.4. The molecule has 0 saturated carbocycles. The van der Waals surface area contributed by atoms with Crippen LogP contribution in [0.2, 0.25) is 5.02 Å². The molecule has 1 aromatic rings. The number of likely N-dealkylation sites (tertiary alicyclic amines) is 1. The summed E-state index contributed by atoms with van der Waals surface area (Å²) in [7, 11) is 0. The molecular formula is C12H20ClN3O. The molecule has 5 heteroatoms. The minimum absolute atomic E-state index is 0.445. The standard InChI is InChI=1S/C12H20ClN3O/c1-12(2,17)9-15-5-3-11(4-6-15)16-8-10(13)7-14-16/h7-8,11,17H,3-6,9H2,1-2H3. The molecule has 0 aromatic carbocycles. The number of hydrogen-bond acceptors (Lipinski definition) is 3. The second-order valence-electron chi connectivity index (χ2n) is 5.46. The summed E-state index contributed by atoms with van der Waals surface area (Å²) in [6, 6.07) is 0.445. The predicted octanol–water partition coefficient (Wildman–Crippen LogP) is 1.94. The number of halogens is 1. The average molecular weight is 258 g/mol. The molecule has 0 amide bonds. The van der Waals surface area contributed by atoms with Crippen molar-refractivity contribution in [3.63, 3.8) is 0 Å². The number of aliphatic hydroxyl groups is 1. The predicted molar refractivity (Wildman–Crippen MR) is 68.2 cm³/mol.